The minimum Gasteiger partial charge on any atom is -0.507 e. The van der Waals surface area contributed by atoms with Gasteiger partial charge in [-0.3, -0.25) is 0 Å². The maximum atomic E-state index is 11.1. The second-order valence-electron chi connectivity index (χ2n) is 2.61. The van der Waals surface area contributed by atoms with E-state index in [4.69, 9.17) is 10.7 Å². The summed E-state index contributed by atoms with van der Waals surface area (Å²) in [6.45, 7) is 0. The van der Waals surface area contributed by atoms with Crippen LogP contribution in [0.15, 0.2) is 23.1 Å². The van der Waals surface area contributed by atoms with Gasteiger partial charge >= 0.3 is 5.97 Å². The first-order valence-electron chi connectivity index (χ1n) is 3.72. The highest BCUT2D eigenvalue weighted by Gasteiger charge is 2.17. The van der Waals surface area contributed by atoms with Gasteiger partial charge in [-0.2, -0.15) is 0 Å². The number of aromatic hydroxyl groups is 1. The Labute approximate surface area is 90.7 Å². The Bertz CT molecular complexity index is 494. The SMILES string of the molecule is CO[14C](=O)c1cc(S(=O)(=O)Cl)ccc1O. The third kappa shape index (κ3) is 2.60. The molecule has 0 fully saturated rings. The van der Waals surface area contributed by atoms with Crippen molar-refractivity contribution in [2.75, 3.05) is 7.11 Å². The highest BCUT2D eigenvalue weighted by molar-refractivity contribution is 8.13. The number of esters is 1. The van der Waals surface area contributed by atoms with Crippen LogP contribution in [-0.4, -0.2) is 26.6 Å². The third-order valence-corrected chi connectivity index (χ3v) is 3.01. The second kappa shape index (κ2) is 4.08. The van der Waals surface area contributed by atoms with E-state index in [9.17, 15) is 18.3 Å². The molecule has 0 atom stereocenters. The van der Waals surface area contributed by atoms with Crippen molar-refractivity contribution >= 4 is 25.7 Å². The van der Waals surface area contributed by atoms with Crippen molar-refractivity contribution in [2.24, 2.45) is 0 Å². The van der Waals surface area contributed by atoms with Gasteiger partial charge in [-0.25, -0.2) is 13.2 Å². The molecule has 0 saturated heterocycles. The van der Waals surface area contributed by atoms with Gasteiger partial charge in [-0.1, -0.05) is 0 Å². The molecule has 0 aliphatic rings. The predicted molar refractivity (Wildman–Crippen MR) is 52.5 cm³/mol. The lowest BCUT2D eigenvalue weighted by Gasteiger charge is -2.03. The number of rotatable bonds is 2. The van der Waals surface area contributed by atoms with Crippen LogP contribution in [0, 0.1) is 0 Å². The van der Waals surface area contributed by atoms with Crippen LogP contribution in [0.25, 0.3) is 0 Å². The minimum atomic E-state index is -3.93. The van der Waals surface area contributed by atoms with Gasteiger partial charge in [-0.15, -0.1) is 0 Å². The van der Waals surface area contributed by atoms with Crippen molar-refractivity contribution in [2.45, 2.75) is 4.90 Å². The first-order chi connectivity index (χ1) is 6.86. The average molecular weight is 253 g/mol. The van der Waals surface area contributed by atoms with Crippen LogP contribution >= 0.6 is 10.7 Å². The number of hydrogen-bond donors (Lipinski definition) is 1. The molecule has 82 valence electrons. The molecule has 0 aromatic heterocycles. The van der Waals surface area contributed by atoms with E-state index in [0.29, 0.717) is 0 Å². The van der Waals surface area contributed by atoms with Crippen molar-refractivity contribution in [1.29, 1.82) is 0 Å². The van der Waals surface area contributed by atoms with Crippen LogP contribution in [0.4, 0.5) is 0 Å². The summed E-state index contributed by atoms with van der Waals surface area (Å²) in [4.78, 5) is 10.8. The molecule has 0 bridgehead atoms. The lowest BCUT2D eigenvalue weighted by Crippen LogP contribution is -2.03. The number of phenolic OH excluding ortho intramolecular Hbond substituents is 1. The van der Waals surface area contributed by atoms with Crippen molar-refractivity contribution in [3.05, 3.63) is 23.8 Å². The molecule has 0 amide bonds. The van der Waals surface area contributed by atoms with Gasteiger partial charge in [0.15, 0.2) is 0 Å². The van der Waals surface area contributed by atoms with Gasteiger partial charge in [0.05, 0.1) is 12.0 Å². The van der Waals surface area contributed by atoms with E-state index >= 15 is 0 Å². The predicted octanol–water partition coefficient (Wildman–Crippen LogP) is 1.11. The number of phenols is 1. The van der Waals surface area contributed by atoms with E-state index in [1.54, 1.807) is 0 Å². The van der Waals surface area contributed by atoms with Crippen LogP contribution in [-0.2, 0) is 13.8 Å². The molecule has 1 aromatic carbocycles. The lowest BCUT2D eigenvalue weighted by molar-refractivity contribution is 0.0597. The van der Waals surface area contributed by atoms with Crippen LogP contribution in [0.3, 0.4) is 0 Å². The quantitative estimate of drug-likeness (QED) is 0.630. The zero-order valence-electron chi connectivity index (χ0n) is 7.60. The van der Waals surface area contributed by atoms with Crippen LogP contribution in [0.5, 0.6) is 5.75 Å². The zero-order chi connectivity index (χ0) is 11.6. The molecule has 0 aliphatic carbocycles. The lowest BCUT2D eigenvalue weighted by atomic mass is 10.3. The van der Waals surface area contributed by atoms with Gasteiger partial charge in [0.25, 0.3) is 9.05 Å². The van der Waals surface area contributed by atoms with E-state index in [1.807, 2.05) is 0 Å². The average Bonchev–Trinajstić information content (AvgIpc) is 2.15. The maximum Gasteiger partial charge on any atom is 0.341 e. The number of benzene rings is 1. The van der Waals surface area contributed by atoms with Gasteiger partial charge < -0.3 is 9.84 Å². The fraction of sp³-hybridized carbons (Fsp3) is 0.125. The third-order valence-electron chi connectivity index (χ3n) is 1.65. The summed E-state index contributed by atoms with van der Waals surface area (Å²) in [5, 5.41) is 9.26. The first-order valence-corrected chi connectivity index (χ1v) is 6.03. The summed E-state index contributed by atoms with van der Waals surface area (Å²) in [5.41, 5.74) is -0.251. The van der Waals surface area contributed by atoms with Gasteiger partial charge in [0, 0.05) is 10.7 Å². The first kappa shape index (κ1) is 11.8. The number of carbonyl (C=O) groups is 1. The monoisotopic (exact) mass is 252 g/mol. The molecule has 1 N–H and O–H groups in total. The Morgan fingerprint density at radius 1 is 1.47 bits per heavy atom. The minimum absolute atomic E-state index is 0.251. The molecule has 1 aromatic rings. The van der Waals surface area contributed by atoms with Crippen LogP contribution < -0.4 is 0 Å². The molecule has 0 heterocycles. The van der Waals surface area contributed by atoms with E-state index in [0.717, 1.165) is 25.3 Å². The number of ether oxygens (including phenoxy) is 1. The molecule has 15 heavy (non-hydrogen) atoms. The fourth-order valence-corrected chi connectivity index (χ4v) is 1.72. The van der Waals surface area contributed by atoms with Gasteiger partial charge in [0.1, 0.15) is 11.3 Å². The Hall–Kier alpha value is -1.27. The number of halogens is 1. The van der Waals surface area contributed by atoms with Crippen molar-refractivity contribution in [1.82, 2.24) is 0 Å². The molecule has 1 rings (SSSR count). The highest BCUT2D eigenvalue weighted by atomic mass is 35.7. The maximum absolute atomic E-state index is 11.1. The zero-order valence-corrected chi connectivity index (χ0v) is 9.17. The smallest absolute Gasteiger partial charge is 0.341 e. The normalized spacial score (nSPS) is 11.1. The van der Waals surface area contributed by atoms with E-state index in [1.165, 1.54) is 0 Å². The number of hydrogen-bond acceptors (Lipinski definition) is 5. The fourth-order valence-electron chi connectivity index (χ4n) is 0.940. The molecular weight excluding hydrogens is 246 g/mol. The topological polar surface area (TPSA) is 80.7 Å². The van der Waals surface area contributed by atoms with Crippen LogP contribution in [0.1, 0.15) is 10.4 Å². The summed E-state index contributed by atoms with van der Waals surface area (Å²) in [5.74, 6) is -1.21. The van der Waals surface area contributed by atoms with Gasteiger partial charge in [-0.05, 0) is 18.2 Å². The second-order valence-corrected chi connectivity index (χ2v) is 5.17. The Morgan fingerprint density at radius 3 is 2.53 bits per heavy atom. The molecule has 0 saturated carbocycles. The molecule has 5 nitrogen and oxygen atoms in total. The Morgan fingerprint density at radius 2 is 2.07 bits per heavy atom. The largest absolute Gasteiger partial charge is 0.507 e. The number of carbonyl (C=O) groups excluding carboxylic acids is 1. The highest BCUT2D eigenvalue weighted by Crippen LogP contribution is 2.23. The molecule has 7 heteroatoms. The summed E-state index contributed by atoms with van der Waals surface area (Å²) >= 11 is 0. The molecular formula is C8H7ClO5S. The van der Waals surface area contributed by atoms with Crippen molar-refractivity contribution in [3.8, 4) is 5.75 Å². The molecule has 0 radical (unpaired) electrons. The standard InChI is InChI=1S/C8H7ClO5S/c1-14-8(11)6-4-5(15(9,12)13)2-3-7(6)10/h2-4,10H,1H3/i8+2. The summed E-state index contributed by atoms with van der Waals surface area (Å²) < 4.78 is 26.2. The van der Waals surface area contributed by atoms with E-state index in [-0.39, 0.29) is 16.2 Å². The van der Waals surface area contributed by atoms with Crippen LogP contribution in [0.2, 0.25) is 0 Å². The van der Waals surface area contributed by atoms with Crippen molar-refractivity contribution < 1.29 is 23.1 Å². The van der Waals surface area contributed by atoms with Crippen molar-refractivity contribution in [3.63, 3.8) is 0 Å². The Balaban J connectivity index is 3.36. The summed E-state index contributed by atoms with van der Waals surface area (Å²) in [6.07, 6.45) is 0. The molecule has 0 unspecified atom stereocenters. The number of methoxy groups -OCH3 is 1. The summed E-state index contributed by atoms with van der Waals surface area (Å²) in [7, 11) is 2.25. The molecule has 0 aliphatic heterocycles. The van der Waals surface area contributed by atoms with E-state index in [2.05, 4.69) is 4.74 Å². The molecule has 0 spiro atoms. The summed E-state index contributed by atoms with van der Waals surface area (Å²) in [6, 6.07) is 3.09. The van der Waals surface area contributed by atoms with E-state index < -0.39 is 15.0 Å². The Kier molecular flexibility index (Phi) is 3.21. The van der Waals surface area contributed by atoms with Gasteiger partial charge in [0.2, 0.25) is 0 Å².